The van der Waals surface area contributed by atoms with E-state index < -0.39 is 4.92 Å². The molecule has 1 aromatic heterocycles. The van der Waals surface area contributed by atoms with Crippen LogP contribution in [0.5, 0.6) is 0 Å². The Morgan fingerprint density at radius 2 is 2.07 bits per heavy atom. The Balaban J connectivity index is 1.66. The molecule has 0 radical (unpaired) electrons. The molecular formula is C16H11Cl2N5O3S. The molecule has 0 aliphatic rings. The molecule has 3 rings (SSSR count). The van der Waals surface area contributed by atoms with Gasteiger partial charge in [-0.2, -0.15) is 0 Å². The number of thioether (sulfide) groups is 1. The van der Waals surface area contributed by atoms with E-state index >= 15 is 0 Å². The first kappa shape index (κ1) is 19.2. The lowest BCUT2D eigenvalue weighted by Gasteiger charge is -2.07. The third-order valence-electron chi connectivity index (χ3n) is 3.36. The van der Waals surface area contributed by atoms with Crippen molar-refractivity contribution in [2.45, 2.75) is 5.16 Å². The second kappa shape index (κ2) is 8.38. The van der Waals surface area contributed by atoms with Crippen molar-refractivity contribution in [1.29, 1.82) is 0 Å². The molecule has 2 aromatic carbocycles. The van der Waals surface area contributed by atoms with Crippen molar-refractivity contribution < 1.29 is 9.72 Å². The number of nitro groups is 1. The van der Waals surface area contributed by atoms with Gasteiger partial charge >= 0.3 is 0 Å². The first-order chi connectivity index (χ1) is 12.9. The molecule has 27 heavy (non-hydrogen) atoms. The van der Waals surface area contributed by atoms with Crippen LogP contribution in [0.2, 0.25) is 10.0 Å². The monoisotopic (exact) mass is 423 g/mol. The van der Waals surface area contributed by atoms with E-state index in [9.17, 15) is 14.9 Å². The SMILES string of the molecule is O=C(CSc1nncn1-c1cccc(Cl)c1)Nc1ccc(Cl)c([N+](=O)[O-])c1. The molecule has 1 N–H and O–H groups in total. The summed E-state index contributed by atoms with van der Waals surface area (Å²) >= 11 is 12.9. The van der Waals surface area contributed by atoms with Crippen LogP contribution < -0.4 is 5.32 Å². The molecule has 0 saturated carbocycles. The van der Waals surface area contributed by atoms with Crippen LogP contribution in [0.1, 0.15) is 0 Å². The molecular weight excluding hydrogens is 413 g/mol. The van der Waals surface area contributed by atoms with Crippen molar-refractivity contribution in [3.8, 4) is 5.69 Å². The van der Waals surface area contributed by atoms with Crippen LogP contribution in [-0.2, 0) is 4.79 Å². The van der Waals surface area contributed by atoms with Crippen LogP contribution in [-0.4, -0.2) is 31.3 Å². The zero-order chi connectivity index (χ0) is 19.4. The fourth-order valence-corrected chi connectivity index (χ4v) is 3.28. The summed E-state index contributed by atoms with van der Waals surface area (Å²) in [5.74, 6) is -0.312. The molecule has 0 unspecified atom stereocenters. The predicted molar refractivity (Wildman–Crippen MR) is 104 cm³/mol. The number of amides is 1. The van der Waals surface area contributed by atoms with Gasteiger partial charge in [-0.1, -0.05) is 41.0 Å². The molecule has 0 spiro atoms. The second-order valence-corrected chi connectivity index (χ2v) is 7.01. The van der Waals surface area contributed by atoms with Crippen LogP contribution in [0.4, 0.5) is 11.4 Å². The quantitative estimate of drug-likeness (QED) is 0.361. The summed E-state index contributed by atoms with van der Waals surface area (Å²) < 4.78 is 1.71. The molecule has 0 bridgehead atoms. The number of aromatic nitrogens is 3. The first-order valence-electron chi connectivity index (χ1n) is 7.46. The van der Waals surface area contributed by atoms with Gasteiger partial charge in [0.1, 0.15) is 11.3 Å². The van der Waals surface area contributed by atoms with Gasteiger partial charge in [0.05, 0.1) is 16.4 Å². The zero-order valence-electron chi connectivity index (χ0n) is 13.5. The van der Waals surface area contributed by atoms with E-state index in [0.717, 1.165) is 5.69 Å². The van der Waals surface area contributed by atoms with Crippen LogP contribution >= 0.6 is 35.0 Å². The number of hydrogen-bond acceptors (Lipinski definition) is 6. The molecule has 1 amide bonds. The Hall–Kier alpha value is -2.62. The highest BCUT2D eigenvalue weighted by molar-refractivity contribution is 7.99. The summed E-state index contributed by atoms with van der Waals surface area (Å²) in [4.78, 5) is 22.5. The Morgan fingerprint density at radius 3 is 2.81 bits per heavy atom. The number of nitro benzene ring substituents is 1. The van der Waals surface area contributed by atoms with Crippen molar-refractivity contribution in [1.82, 2.24) is 14.8 Å². The Morgan fingerprint density at radius 1 is 1.26 bits per heavy atom. The number of nitrogens with one attached hydrogen (secondary N) is 1. The maximum absolute atomic E-state index is 12.2. The average molecular weight is 424 g/mol. The summed E-state index contributed by atoms with van der Waals surface area (Å²) in [5.41, 5.74) is 0.777. The fraction of sp³-hybridized carbons (Fsp3) is 0.0625. The van der Waals surface area contributed by atoms with Crippen molar-refractivity contribution in [3.63, 3.8) is 0 Å². The summed E-state index contributed by atoms with van der Waals surface area (Å²) in [7, 11) is 0. The summed E-state index contributed by atoms with van der Waals surface area (Å²) in [6.07, 6.45) is 1.52. The number of rotatable bonds is 6. The van der Waals surface area contributed by atoms with Gasteiger partial charge in [-0.15, -0.1) is 10.2 Å². The third-order valence-corrected chi connectivity index (χ3v) is 4.86. The molecule has 0 saturated heterocycles. The fourth-order valence-electron chi connectivity index (χ4n) is 2.18. The van der Waals surface area contributed by atoms with Gasteiger partial charge in [-0.25, -0.2) is 0 Å². The minimum absolute atomic E-state index is 0.00185. The molecule has 3 aromatic rings. The van der Waals surface area contributed by atoms with Crippen molar-refractivity contribution in [3.05, 3.63) is 69.0 Å². The van der Waals surface area contributed by atoms with E-state index in [2.05, 4.69) is 15.5 Å². The smallest absolute Gasteiger partial charge is 0.289 e. The van der Waals surface area contributed by atoms with Gasteiger partial charge in [0.25, 0.3) is 5.69 Å². The van der Waals surface area contributed by atoms with Crippen molar-refractivity contribution in [2.75, 3.05) is 11.1 Å². The average Bonchev–Trinajstić information content (AvgIpc) is 3.10. The van der Waals surface area contributed by atoms with Crippen LogP contribution in [0.15, 0.2) is 53.9 Å². The van der Waals surface area contributed by atoms with Crippen molar-refractivity contribution >= 4 is 52.2 Å². The molecule has 8 nitrogen and oxygen atoms in total. The van der Waals surface area contributed by atoms with E-state index in [1.54, 1.807) is 22.8 Å². The lowest BCUT2D eigenvalue weighted by Crippen LogP contribution is -2.14. The molecule has 0 fully saturated rings. The molecule has 0 aliphatic heterocycles. The normalized spacial score (nSPS) is 10.6. The Kier molecular flexibility index (Phi) is 5.94. The zero-order valence-corrected chi connectivity index (χ0v) is 15.8. The molecule has 0 aliphatic carbocycles. The summed E-state index contributed by atoms with van der Waals surface area (Å²) in [6, 6.07) is 11.2. The number of halogens is 2. The molecule has 0 atom stereocenters. The number of carbonyl (C=O) groups is 1. The van der Waals surface area contributed by atoms with Gasteiger partial charge in [0, 0.05) is 16.8 Å². The Bertz CT molecular complexity index is 1010. The topological polar surface area (TPSA) is 103 Å². The largest absolute Gasteiger partial charge is 0.325 e. The van der Waals surface area contributed by atoms with E-state index in [0.29, 0.717) is 10.2 Å². The van der Waals surface area contributed by atoms with E-state index in [1.807, 2.05) is 6.07 Å². The second-order valence-electron chi connectivity index (χ2n) is 5.22. The lowest BCUT2D eigenvalue weighted by molar-refractivity contribution is -0.384. The summed E-state index contributed by atoms with van der Waals surface area (Å²) in [6.45, 7) is 0. The standard InChI is InChI=1S/C16H11Cl2N5O3S/c17-10-2-1-3-12(6-10)22-9-19-21-16(22)27-8-15(24)20-11-4-5-13(18)14(7-11)23(25)26/h1-7,9H,8H2,(H,20,24). The van der Waals surface area contributed by atoms with Gasteiger partial charge in [0.2, 0.25) is 5.91 Å². The molecule has 1 heterocycles. The van der Waals surface area contributed by atoms with E-state index in [1.165, 1.54) is 36.3 Å². The highest BCUT2D eigenvalue weighted by Gasteiger charge is 2.15. The predicted octanol–water partition coefficient (Wildman–Crippen LogP) is 4.21. The Labute approximate surface area is 167 Å². The maximum atomic E-state index is 12.2. The van der Waals surface area contributed by atoms with E-state index in [4.69, 9.17) is 23.2 Å². The van der Waals surface area contributed by atoms with Crippen LogP contribution in [0.25, 0.3) is 5.69 Å². The molecule has 138 valence electrons. The lowest BCUT2D eigenvalue weighted by atomic mass is 10.3. The number of benzene rings is 2. The van der Waals surface area contributed by atoms with Gasteiger partial charge in [-0.3, -0.25) is 19.5 Å². The maximum Gasteiger partial charge on any atom is 0.289 e. The van der Waals surface area contributed by atoms with Gasteiger partial charge < -0.3 is 5.32 Å². The number of nitrogens with zero attached hydrogens (tertiary/aromatic N) is 4. The highest BCUT2D eigenvalue weighted by atomic mass is 35.5. The minimum Gasteiger partial charge on any atom is -0.325 e. The van der Waals surface area contributed by atoms with Crippen LogP contribution in [0, 0.1) is 10.1 Å². The number of hydrogen-bond donors (Lipinski definition) is 1. The first-order valence-corrected chi connectivity index (χ1v) is 9.21. The van der Waals surface area contributed by atoms with Crippen molar-refractivity contribution in [2.24, 2.45) is 0 Å². The van der Waals surface area contributed by atoms with Crippen LogP contribution in [0.3, 0.4) is 0 Å². The minimum atomic E-state index is -0.611. The molecule has 11 heteroatoms. The summed E-state index contributed by atoms with van der Waals surface area (Å²) in [5, 5.41) is 22.4. The van der Waals surface area contributed by atoms with Gasteiger partial charge in [0.15, 0.2) is 5.16 Å². The van der Waals surface area contributed by atoms with E-state index in [-0.39, 0.29) is 28.1 Å². The highest BCUT2D eigenvalue weighted by Crippen LogP contribution is 2.28. The number of anilines is 1. The third kappa shape index (κ3) is 4.76. The number of carbonyl (C=O) groups excluding carboxylic acids is 1. The van der Waals surface area contributed by atoms with Gasteiger partial charge in [-0.05, 0) is 30.3 Å².